The Morgan fingerprint density at radius 1 is 1.05 bits per heavy atom. The number of aliphatic hydroxyl groups excluding tert-OH is 1. The molecule has 0 aromatic heterocycles. The monoisotopic (exact) mass is 498 g/mol. The summed E-state index contributed by atoms with van der Waals surface area (Å²) in [6, 6.07) is 15.0. The maximum atomic E-state index is 12.2. The zero-order valence-electron chi connectivity index (χ0n) is 20.8. The molecule has 0 saturated heterocycles. The lowest BCUT2D eigenvalue weighted by molar-refractivity contribution is -0.0755. The highest BCUT2D eigenvalue weighted by Crippen LogP contribution is 2.47. The van der Waals surface area contributed by atoms with Crippen LogP contribution in [0, 0.1) is 5.92 Å². The lowest BCUT2D eigenvalue weighted by Gasteiger charge is -2.37. The van der Waals surface area contributed by atoms with Crippen LogP contribution in [0.2, 0.25) is 0 Å². The maximum absolute atomic E-state index is 12.2. The second-order valence-electron chi connectivity index (χ2n) is 10.2. The molecular formula is C30H30N2O5. The molecule has 1 aliphatic carbocycles. The van der Waals surface area contributed by atoms with E-state index in [-0.39, 0.29) is 12.1 Å². The number of hydrogen-bond donors (Lipinski definition) is 3. The van der Waals surface area contributed by atoms with Gasteiger partial charge < -0.3 is 24.6 Å². The van der Waals surface area contributed by atoms with Gasteiger partial charge in [-0.2, -0.15) is 0 Å². The molecule has 7 nitrogen and oxygen atoms in total. The molecule has 6 rings (SSSR count). The average Bonchev–Trinajstić information content (AvgIpc) is 2.91. The molecule has 0 spiro atoms. The number of carboxylic acids is 1. The van der Waals surface area contributed by atoms with Crippen molar-refractivity contribution >= 4 is 22.6 Å². The van der Waals surface area contributed by atoms with Crippen molar-refractivity contribution in [2.45, 2.75) is 38.9 Å². The van der Waals surface area contributed by atoms with Crippen LogP contribution in [-0.2, 0) is 12.8 Å². The molecule has 4 aliphatic rings. The molecule has 0 fully saturated rings. The van der Waals surface area contributed by atoms with Crippen LogP contribution in [-0.4, -0.2) is 47.2 Å². The number of aliphatic hydroxyl groups is 2. The molecule has 0 bridgehead atoms. The van der Waals surface area contributed by atoms with Crippen LogP contribution < -0.4 is 10.3 Å². The second kappa shape index (κ2) is 9.32. The number of carbonyl (C=O) groups is 1. The third-order valence-electron chi connectivity index (χ3n) is 7.69. The highest BCUT2D eigenvalue weighted by atomic mass is 16.5. The Labute approximate surface area is 214 Å². The molecule has 37 heavy (non-hydrogen) atoms. The Morgan fingerprint density at radius 2 is 1.84 bits per heavy atom. The first-order chi connectivity index (χ1) is 17.9. The van der Waals surface area contributed by atoms with Crippen molar-refractivity contribution in [2.24, 2.45) is 10.9 Å². The molecule has 7 heteroatoms. The molecule has 1 atom stereocenters. The molecule has 0 radical (unpaired) electrons. The summed E-state index contributed by atoms with van der Waals surface area (Å²) in [7, 11) is 0. The predicted molar refractivity (Wildman–Crippen MR) is 142 cm³/mol. The molecule has 0 saturated carbocycles. The van der Waals surface area contributed by atoms with Crippen LogP contribution >= 0.6 is 0 Å². The van der Waals surface area contributed by atoms with Gasteiger partial charge in [0.1, 0.15) is 11.3 Å². The highest BCUT2D eigenvalue weighted by Gasteiger charge is 2.30. The Bertz CT molecular complexity index is 1550. The summed E-state index contributed by atoms with van der Waals surface area (Å²) in [6.45, 7) is 4.09. The second-order valence-corrected chi connectivity index (χ2v) is 10.2. The first-order valence-corrected chi connectivity index (χ1v) is 12.9. The molecule has 1 unspecified atom stereocenters. The molecular weight excluding hydrogens is 468 g/mol. The van der Waals surface area contributed by atoms with Crippen LogP contribution in [0.5, 0.6) is 0 Å². The third-order valence-corrected chi connectivity index (χ3v) is 7.69. The van der Waals surface area contributed by atoms with Crippen molar-refractivity contribution in [1.82, 2.24) is 0 Å². The Kier molecular flexibility index (Phi) is 5.97. The number of carboxylic acid groups (broad SMARTS) is 1. The normalized spacial score (nSPS) is 16.4. The lowest BCUT2D eigenvalue weighted by Crippen LogP contribution is -2.34. The number of aryl methyl sites for hydroxylation is 2. The number of anilines is 1. The smallest absolute Gasteiger partial charge is 0.336 e. The summed E-state index contributed by atoms with van der Waals surface area (Å²) in [5.41, 5.74) is 7.21. The summed E-state index contributed by atoms with van der Waals surface area (Å²) >= 11 is 0. The fraction of sp³-hybridized carbons (Fsp3) is 0.333. The topological polar surface area (TPSA) is 106 Å². The van der Waals surface area contributed by atoms with Gasteiger partial charge in [0.2, 0.25) is 0 Å². The van der Waals surface area contributed by atoms with Gasteiger partial charge in [0, 0.05) is 59.4 Å². The first-order valence-electron chi connectivity index (χ1n) is 12.9. The van der Waals surface area contributed by atoms with Crippen molar-refractivity contribution in [2.75, 3.05) is 24.5 Å². The number of fused-ring (bicyclic) bond motifs is 3. The van der Waals surface area contributed by atoms with Crippen molar-refractivity contribution < 1.29 is 24.5 Å². The number of rotatable bonds is 5. The fourth-order valence-corrected chi connectivity index (χ4v) is 5.81. The molecule has 190 valence electrons. The average molecular weight is 499 g/mol. The Morgan fingerprint density at radius 3 is 2.62 bits per heavy atom. The van der Waals surface area contributed by atoms with Gasteiger partial charge in [0.25, 0.3) is 0 Å². The van der Waals surface area contributed by atoms with Gasteiger partial charge in [-0.3, -0.25) is 4.99 Å². The quantitative estimate of drug-likeness (QED) is 0.277. The van der Waals surface area contributed by atoms with Gasteiger partial charge in [-0.05, 0) is 61.1 Å². The summed E-state index contributed by atoms with van der Waals surface area (Å²) in [4.78, 5) is 19.3. The highest BCUT2D eigenvalue weighted by molar-refractivity contribution is 6.09. The van der Waals surface area contributed by atoms with Gasteiger partial charge in [0.15, 0.2) is 6.29 Å². The van der Waals surface area contributed by atoms with Gasteiger partial charge in [-0.1, -0.05) is 25.1 Å². The molecule has 2 aromatic rings. The molecule has 3 heterocycles. The maximum Gasteiger partial charge on any atom is 0.336 e. The Balaban J connectivity index is 1.68. The van der Waals surface area contributed by atoms with E-state index in [1.165, 1.54) is 16.8 Å². The number of benzene rings is 3. The largest absolute Gasteiger partial charge is 0.478 e. The standard InChI is InChI=1S/C30H30N2O5/c1-17(29(33)34)16-31-19-10-11-22-25(15-19)37-28-23-9-5-13-32-12-4-6-18(27(23)32)14-24(28)26(22)20-7-2-3-8-21(20)30(35)36/h2-3,7-8,10-11,14-15,17,29,33-34H,4-6,9,12-13,16H2,1H3,(H,35,36). The first kappa shape index (κ1) is 23.7. The minimum Gasteiger partial charge on any atom is -0.478 e. The number of nitrogens with zero attached hydrogens (tertiary/aromatic N) is 2. The lowest BCUT2D eigenvalue weighted by atomic mass is 9.85. The zero-order chi connectivity index (χ0) is 25.7. The van der Waals surface area contributed by atoms with Gasteiger partial charge in [-0.15, -0.1) is 0 Å². The van der Waals surface area contributed by atoms with Gasteiger partial charge in [0.05, 0.1) is 10.9 Å². The Hall–Kier alpha value is -3.68. The van der Waals surface area contributed by atoms with Crippen molar-refractivity contribution in [3.05, 3.63) is 70.6 Å². The van der Waals surface area contributed by atoms with E-state index in [1.807, 2.05) is 30.3 Å². The van der Waals surface area contributed by atoms with E-state index in [9.17, 15) is 20.1 Å². The van der Waals surface area contributed by atoms with Gasteiger partial charge in [-0.25, -0.2) is 4.79 Å². The van der Waals surface area contributed by atoms with E-state index in [1.54, 1.807) is 19.1 Å². The molecule has 2 aromatic carbocycles. The van der Waals surface area contributed by atoms with Crippen LogP contribution in [0.3, 0.4) is 0 Å². The van der Waals surface area contributed by atoms with Crippen LogP contribution in [0.25, 0.3) is 33.4 Å². The summed E-state index contributed by atoms with van der Waals surface area (Å²) in [5, 5.41) is 30.5. The summed E-state index contributed by atoms with van der Waals surface area (Å²) in [6.07, 6.45) is 2.65. The van der Waals surface area contributed by atoms with E-state index in [4.69, 9.17) is 4.42 Å². The van der Waals surface area contributed by atoms with E-state index < -0.39 is 18.2 Å². The van der Waals surface area contributed by atoms with Crippen molar-refractivity contribution in [1.29, 1.82) is 0 Å². The van der Waals surface area contributed by atoms with Crippen molar-refractivity contribution in [3.8, 4) is 22.5 Å². The predicted octanol–water partition coefficient (Wildman–Crippen LogP) is 4.45. The minimum absolute atomic E-state index is 0.254. The third kappa shape index (κ3) is 4.08. The van der Waals surface area contributed by atoms with Gasteiger partial charge >= 0.3 is 5.97 Å². The molecule has 0 amide bonds. The molecule has 3 aliphatic heterocycles. The number of aromatic carboxylic acids is 1. The fourth-order valence-electron chi connectivity index (χ4n) is 5.81. The van der Waals surface area contributed by atoms with Crippen LogP contribution in [0.4, 0.5) is 5.69 Å². The van der Waals surface area contributed by atoms with E-state index in [0.29, 0.717) is 16.7 Å². The zero-order valence-corrected chi connectivity index (χ0v) is 20.8. The van der Waals surface area contributed by atoms with E-state index in [0.717, 1.165) is 60.9 Å². The number of hydrogen-bond acceptors (Lipinski definition) is 6. The van der Waals surface area contributed by atoms with Crippen molar-refractivity contribution in [3.63, 3.8) is 0 Å². The van der Waals surface area contributed by atoms with Crippen LogP contribution in [0.1, 0.15) is 41.3 Å². The SMILES string of the molecule is CC(CN=c1ccc2c(-c3ccccc3C(=O)O)c3cc4c5c(c3oc-2c1)CCCN5CCC4)C(O)O. The van der Waals surface area contributed by atoms with Crippen LogP contribution in [0.15, 0.2) is 57.9 Å². The molecule has 3 N–H and O–H groups in total. The van der Waals surface area contributed by atoms with E-state index >= 15 is 0 Å². The summed E-state index contributed by atoms with van der Waals surface area (Å²) < 4.78 is 6.64. The minimum atomic E-state index is -1.43. The van der Waals surface area contributed by atoms with E-state index in [2.05, 4.69) is 16.0 Å². The summed E-state index contributed by atoms with van der Waals surface area (Å²) in [5.74, 6) is -0.735.